The standard InChI is InChI=1S/C18H21FN2O3S/c1-4-17(18(22)20-15-9-7-14(19)8-10-15)21(25(3,23)24)16-11-5-13(2)6-12-16/h5-12,17H,4H2,1-3H3,(H,20,22)/t17-/m1/s1. The zero-order valence-electron chi connectivity index (χ0n) is 14.4. The molecule has 0 fully saturated rings. The van der Waals surface area contributed by atoms with Gasteiger partial charge in [0.25, 0.3) is 0 Å². The number of hydrogen-bond acceptors (Lipinski definition) is 3. The highest BCUT2D eigenvalue weighted by atomic mass is 32.2. The van der Waals surface area contributed by atoms with Crippen LogP contribution >= 0.6 is 0 Å². The maximum Gasteiger partial charge on any atom is 0.248 e. The maximum atomic E-state index is 13.0. The number of carbonyl (C=O) groups is 1. The average molecular weight is 364 g/mol. The number of hydrogen-bond donors (Lipinski definition) is 1. The molecular weight excluding hydrogens is 343 g/mol. The van der Waals surface area contributed by atoms with E-state index in [1.807, 2.05) is 6.92 Å². The molecule has 0 aliphatic rings. The summed E-state index contributed by atoms with van der Waals surface area (Å²) in [7, 11) is -3.67. The minimum absolute atomic E-state index is 0.286. The molecule has 2 aromatic rings. The molecular formula is C18H21FN2O3S. The lowest BCUT2D eigenvalue weighted by molar-refractivity contribution is -0.117. The van der Waals surface area contributed by atoms with Crippen molar-refractivity contribution >= 4 is 27.3 Å². The second-order valence-electron chi connectivity index (χ2n) is 5.81. The van der Waals surface area contributed by atoms with Gasteiger partial charge in [-0.15, -0.1) is 0 Å². The number of benzene rings is 2. The van der Waals surface area contributed by atoms with Crippen molar-refractivity contribution in [3.05, 3.63) is 59.9 Å². The summed E-state index contributed by atoms with van der Waals surface area (Å²) in [5.41, 5.74) is 1.82. The first-order valence-corrected chi connectivity index (χ1v) is 9.69. The lowest BCUT2D eigenvalue weighted by Crippen LogP contribution is -2.47. The smallest absolute Gasteiger partial charge is 0.248 e. The molecule has 0 saturated carbocycles. The van der Waals surface area contributed by atoms with Crippen LogP contribution in [-0.4, -0.2) is 26.6 Å². The predicted molar refractivity (Wildman–Crippen MR) is 97.6 cm³/mol. The first-order chi connectivity index (χ1) is 11.7. The summed E-state index contributed by atoms with van der Waals surface area (Å²) >= 11 is 0. The topological polar surface area (TPSA) is 66.5 Å². The van der Waals surface area contributed by atoms with E-state index in [2.05, 4.69) is 5.32 Å². The van der Waals surface area contributed by atoms with Crippen molar-refractivity contribution < 1.29 is 17.6 Å². The van der Waals surface area contributed by atoms with Crippen molar-refractivity contribution in [2.75, 3.05) is 15.9 Å². The van der Waals surface area contributed by atoms with Crippen molar-refractivity contribution in [1.82, 2.24) is 0 Å². The molecule has 2 rings (SSSR count). The van der Waals surface area contributed by atoms with E-state index in [0.717, 1.165) is 16.1 Å². The van der Waals surface area contributed by atoms with Gasteiger partial charge >= 0.3 is 0 Å². The number of aryl methyl sites for hydroxylation is 1. The third kappa shape index (κ3) is 4.79. The molecule has 1 N–H and O–H groups in total. The number of halogens is 1. The molecule has 0 bridgehead atoms. The number of nitrogens with zero attached hydrogens (tertiary/aromatic N) is 1. The van der Waals surface area contributed by atoms with Crippen LogP contribution in [0.15, 0.2) is 48.5 Å². The Kier molecular flexibility index (Phi) is 5.79. The highest BCUT2D eigenvalue weighted by Crippen LogP contribution is 2.23. The molecule has 0 aliphatic heterocycles. The van der Waals surface area contributed by atoms with Crippen LogP contribution in [0, 0.1) is 12.7 Å². The minimum atomic E-state index is -3.67. The summed E-state index contributed by atoms with van der Waals surface area (Å²) in [6.45, 7) is 3.63. The zero-order valence-corrected chi connectivity index (χ0v) is 15.2. The van der Waals surface area contributed by atoms with Crippen LogP contribution in [0.4, 0.5) is 15.8 Å². The van der Waals surface area contributed by atoms with E-state index < -0.39 is 27.8 Å². The van der Waals surface area contributed by atoms with E-state index in [1.165, 1.54) is 24.3 Å². The van der Waals surface area contributed by atoms with Gasteiger partial charge in [0.15, 0.2) is 0 Å². The van der Waals surface area contributed by atoms with Gasteiger partial charge in [-0.05, 0) is 49.7 Å². The Balaban J connectivity index is 2.34. The summed E-state index contributed by atoms with van der Waals surface area (Å²) in [5.74, 6) is -0.887. The molecule has 0 aromatic heterocycles. The summed E-state index contributed by atoms with van der Waals surface area (Å²) in [5, 5.41) is 2.64. The summed E-state index contributed by atoms with van der Waals surface area (Å²) < 4.78 is 38.7. The highest BCUT2D eigenvalue weighted by Gasteiger charge is 2.31. The van der Waals surface area contributed by atoms with Crippen LogP contribution in [0.25, 0.3) is 0 Å². The number of amides is 1. The Hall–Kier alpha value is -2.41. The Morgan fingerprint density at radius 1 is 1.12 bits per heavy atom. The minimum Gasteiger partial charge on any atom is -0.324 e. The number of anilines is 2. The molecule has 5 nitrogen and oxygen atoms in total. The van der Waals surface area contributed by atoms with Gasteiger partial charge in [0, 0.05) is 5.69 Å². The van der Waals surface area contributed by atoms with Gasteiger partial charge in [-0.2, -0.15) is 0 Å². The van der Waals surface area contributed by atoms with Crippen LogP contribution in [0.1, 0.15) is 18.9 Å². The van der Waals surface area contributed by atoms with Crippen molar-refractivity contribution in [3.63, 3.8) is 0 Å². The SMILES string of the molecule is CC[C@H](C(=O)Nc1ccc(F)cc1)N(c1ccc(C)cc1)S(C)(=O)=O. The number of carbonyl (C=O) groups excluding carboxylic acids is 1. The first kappa shape index (κ1) is 18.9. The average Bonchev–Trinajstić information content (AvgIpc) is 2.54. The molecule has 0 saturated heterocycles. The molecule has 134 valence electrons. The molecule has 0 spiro atoms. The second kappa shape index (κ2) is 7.65. The van der Waals surface area contributed by atoms with Crippen LogP contribution in [-0.2, 0) is 14.8 Å². The fourth-order valence-corrected chi connectivity index (χ4v) is 3.72. The first-order valence-electron chi connectivity index (χ1n) is 7.85. The summed E-state index contributed by atoms with van der Waals surface area (Å²) in [6, 6.07) is 11.3. The molecule has 1 atom stereocenters. The third-order valence-electron chi connectivity index (χ3n) is 3.73. The largest absolute Gasteiger partial charge is 0.324 e. The Morgan fingerprint density at radius 3 is 2.16 bits per heavy atom. The molecule has 25 heavy (non-hydrogen) atoms. The maximum absolute atomic E-state index is 13.0. The molecule has 0 heterocycles. The van der Waals surface area contributed by atoms with E-state index in [9.17, 15) is 17.6 Å². The molecule has 0 unspecified atom stereocenters. The fourth-order valence-electron chi connectivity index (χ4n) is 2.51. The van der Waals surface area contributed by atoms with Crippen molar-refractivity contribution in [3.8, 4) is 0 Å². The van der Waals surface area contributed by atoms with E-state index >= 15 is 0 Å². The summed E-state index contributed by atoms with van der Waals surface area (Å²) in [6.07, 6.45) is 1.36. The van der Waals surface area contributed by atoms with Crippen molar-refractivity contribution in [1.29, 1.82) is 0 Å². The fraction of sp³-hybridized carbons (Fsp3) is 0.278. The molecule has 1 amide bonds. The van der Waals surface area contributed by atoms with E-state index in [4.69, 9.17) is 0 Å². The molecule has 2 aromatic carbocycles. The number of sulfonamides is 1. The second-order valence-corrected chi connectivity index (χ2v) is 7.67. The lowest BCUT2D eigenvalue weighted by atomic mass is 10.1. The van der Waals surface area contributed by atoms with Gasteiger partial charge in [0.2, 0.25) is 15.9 Å². The predicted octanol–water partition coefficient (Wildman–Crippen LogP) is 3.32. The number of nitrogens with one attached hydrogen (secondary N) is 1. The molecule has 7 heteroatoms. The van der Waals surface area contributed by atoms with Gasteiger partial charge in [-0.3, -0.25) is 9.10 Å². The van der Waals surface area contributed by atoms with Crippen LogP contribution in [0.5, 0.6) is 0 Å². The van der Waals surface area contributed by atoms with Gasteiger partial charge in [-0.25, -0.2) is 12.8 Å². The zero-order chi connectivity index (χ0) is 18.6. The molecule has 0 aliphatic carbocycles. The van der Waals surface area contributed by atoms with Crippen molar-refractivity contribution in [2.24, 2.45) is 0 Å². The quantitative estimate of drug-likeness (QED) is 0.855. The van der Waals surface area contributed by atoms with E-state index in [-0.39, 0.29) is 6.42 Å². The van der Waals surface area contributed by atoms with Crippen LogP contribution < -0.4 is 9.62 Å². The third-order valence-corrected chi connectivity index (χ3v) is 4.91. The Morgan fingerprint density at radius 2 is 1.68 bits per heavy atom. The molecule has 0 radical (unpaired) electrons. The van der Waals surface area contributed by atoms with Crippen LogP contribution in [0.2, 0.25) is 0 Å². The van der Waals surface area contributed by atoms with Gasteiger partial charge in [-0.1, -0.05) is 24.6 Å². The summed E-state index contributed by atoms with van der Waals surface area (Å²) in [4.78, 5) is 12.6. The lowest BCUT2D eigenvalue weighted by Gasteiger charge is -2.30. The van der Waals surface area contributed by atoms with E-state index in [0.29, 0.717) is 11.4 Å². The normalized spacial score (nSPS) is 12.5. The highest BCUT2D eigenvalue weighted by molar-refractivity contribution is 7.92. The number of rotatable bonds is 6. The van der Waals surface area contributed by atoms with Gasteiger partial charge < -0.3 is 5.32 Å². The van der Waals surface area contributed by atoms with Gasteiger partial charge in [0.1, 0.15) is 11.9 Å². The van der Waals surface area contributed by atoms with Crippen LogP contribution in [0.3, 0.4) is 0 Å². The monoisotopic (exact) mass is 364 g/mol. The Labute approximate surface area is 147 Å². The Bertz CT molecular complexity index is 834. The van der Waals surface area contributed by atoms with Crippen molar-refractivity contribution in [2.45, 2.75) is 26.3 Å². The van der Waals surface area contributed by atoms with Gasteiger partial charge in [0.05, 0.1) is 11.9 Å². The van der Waals surface area contributed by atoms with E-state index in [1.54, 1.807) is 31.2 Å².